The summed E-state index contributed by atoms with van der Waals surface area (Å²) >= 11 is 0. The van der Waals surface area contributed by atoms with Crippen molar-refractivity contribution in [2.45, 2.75) is 57.6 Å². The lowest BCUT2D eigenvalue weighted by molar-refractivity contribution is -0.138. The lowest BCUT2D eigenvalue weighted by Gasteiger charge is -2.45. The molecule has 0 radical (unpaired) electrons. The van der Waals surface area contributed by atoms with E-state index in [1.165, 1.54) is 10.4 Å². The normalized spacial score (nSPS) is 20.6. The van der Waals surface area contributed by atoms with Crippen LogP contribution in [-0.4, -0.2) is 25.5 Å². The molecule has 2 aromatic carbocycles. The summed E-state index contributed by atoms with van der Waals surface area (Å²) in [6.07, 6.45) is 3.13. The maximum absolute atomic E-state index is 11.4. The SMILES string of the molecule is CC(C)(C)[Si](OC1CCCC1CC(=O)O)(c1ccccc1)c1ccccc1. The molecular formula is C23H30O3Si. The number of hydrogen-bond donors (Lipinski definition) is 1. The Morgan fingerprint density at radius 1 is 1.00 bits per heavy atom. The highest BCUT2D eigenvalue weighted by Gasteiger charge is 2.52. The average Bonchev–Trinajstić information content (AvgIpc) is 3.06. The van der Waals surface area contributed by atoms with E-state index in [1.54, 1.807) is 0 Å². The molecule has 27 heavy (non-hydrogen) atoms. The maximum Gasteiger partial charge on any atom is 0.303 e. The van der Waals surface area contributed by atoms with Gasteiger partial charge in [0, 0.05) is 6.10 Å². The van der Waals surface area contributed by atoms with Gasteiger partial charge in [-0.3, -0.25) is 4.79 Å². The molecule has 1 aliphatic rings. The van der Waals surface area contributed by atoms with Crippen LogP contribution in [0.3, 0.4) is 0 Å². The summed E-state index contributed by atoms with van der Waals surface area (Å²) in [4.78, 5) is 11.4. The maximum atomic E-state index is 11.4. The van der Waals surface area contributed by atoms with E-state index < -0.39 is 14.3 Å². The summed E-state index contributed by atoms with van der Waals surface area (Å²) in [6, 6.07) is 21.2. The van der Waals surface area contributed by atoms with Crippen LogP contribution in [0.2, 0.25) is 5.04 Å². The van der Waals surface area contributed by atoms with Crippen molar-refractivity contribution in [1.29, 1.82) is 0 Å². The van der Waals surface area contributed by atoms with Crippen LogP contribution in [0, 0.1) is 5.92 Å². The van der Waals surface area contributed by atoms with Crippen LogP contribution in [-0.2, 0) is 9.22 Å². The zero-order valence-electron chi connectivity index (χ0n) is 16.5. The minimum Gasteiger partial charge on any atom is -0.481 e. The first-order chi connectivity index (χ1) is 12.8. The minimum atomic E-state index is -2.60. The van der Waals surface area contributed by atoms with Crippen LogP contribution in [0.15, 0.2) is 60.7 Å². The molecule has 3 nitrogen and oxygen atoms in total. The van der Waals surface area contributed by atoms with E-state index in [0.29, 0.717) is 0 Å². The van der Waals surface area contributed by atoms with Gasteiger partial charge in [0.2, 0.25) is 0 Å². The van der Waals surface area contributed by atoms with E-state index in [1.807, 2.05) is 12.1 Å². The molecule has 4 heteroatoms. The Bertz CT molecular complexity index is 713. The predicted molar refractivity (Wildman–Crippen MR) is 112 cm³/mol. The first kappa shape index (κ1) is 19.8. The van der Waals surface area contributed by atoms with Gasteiger partial charge in [0.25, 0.3) is 8.32 Å². The molecule has 0 heterocycles. The Morgan fingerprint density at radius 3 is 1.96 bits per heavy atom. The van der Waals surface area contributed by atoms with Gasteiger partial charge in [0.05, 0.1) is 6.42 Å². The molecule has 0 spiro atoms. The Balaban J connectivity index is 2.11. The molecule has 0 saturated heterocycles. The number of carboxylic acids is 1. The second-order valence-electron chi connectivity index (χ2n) is 8.61. The number of hydrogen-bond acceptors (Lipinski definition) is 2. The van der Waals surface area contributed by atoms with Gasteiger partial charge in [-0.25, -0.2) is 0 Å². The number of carbonyl (C=O) groups is 1. The van der Waals surface area contributed by atoms with Crippen LogP contribution >= 0.6 is 0 Å². The molecule has 0 aromatic heterocycles. The summed E-state index contributed by atoms with van der Waals surface area (Å²) in [5, 5.41) is 11.8. The largest absolute Gasteiger partial charge is 0.481 e. The van der Waals surface area contributed by atoms with Gasteiger partial charge in [-0.05, 0) is 34.2 Å². The molecule has 1 saturated carbocycles. The highest BCUT2D eigenvalue weighted by atomic mass is 28.4. The second kappa shape index (κ2) is 7.99. The van der Waals surface area contributed by atoms with Gasteiger partial charge in [-0.2, -0.15) is 0 Å². The highest BCUT2D eigenvalue weighted by molar-refractivity contribution is 6.99. The summed E-state index contributed by atoms with van der Waals surface area (Å²) in [5.74, 6) is -0.623. The topological polar surface area (TPSA) is 46.5 Å². The van der Waals surface area contributed by atoms with Crippen LogP contribution in [0.5, 0.6) is 0 Å². The minimum absolute atomic E-state index is 0.00686. The van der Waals surface area contributed by atoms with E-state index in [4.69, 9.17) is 4.43 Å². The first-order valence-electron chi connectivity index (χ1n) is 9.85. The van der Waals surface area contributed by atoms with Crippen molar-refractivity contribution in [2.75, 3.05) is 0 Å². The van der Waals surface area contributed by atoms with Gasteiger partial charge in [0.15, 0.2) is 0 Å². The number of rotatable bonds is 6. The number of aliphatic carboxylic acids is 1. The van der Waals surface area contributed by atoms with Crippen LogP contribution in [0.25, 0.3) is 0 Å². The molecule has 2 aromatic rings. The quantitative estimate of drug-likeness (QED) is 0.762. The monoisotopic (exact) mass is 382 g/mol. The predicted octanol–water partition coefficient (Wildman–Crippen LogP) is 4.21. The van der Waals surface area contributed by atoms with E-state index >= 15 is 0 Å². The summed E-state index contributed by atoms with van der Waals surface area (Å²) in [5.41, 5.74) is 0. The van der Waals surface area contributed by atoms with Crippen molar-refractivity contribution < 1.29 is 14.3 Å². The number of benzene rings is 2. The van der Waals surface area contributed by atoms with Crippen molar-refractivity contribution in [2.24, 2.45) is 5.92 Å². The molecule has 2 atom stereocenters. The summed E-state index contributed by atoms with van der Waals surface area (Å²) in [7, 11) is -2.60. The molecule has 0 aliphatic heterocycles. The fraction of sp³-hybridized carbons (Fsp3) is 0.435. The van der Waals surface area contributed by atoms with Gasteiger partial charge in [0.1, 0.15) is 0 Å². The van der Waals surface area contributed by atoms with E-state index in [0.717, 1.165) is 19.3 Å². The molecule has 0 amide bonds. The zero-order valence-corrected chi connectivity index (χ0v) is 17.5. The van der Waals surface area contributed by atoms with Gasteiger partial charge in [-0.1, -0.05) is 87.9 Å². The summed E-state index contributed by atoms with van der Waals surface area (Å²) < 4.78 is 7.12. The fourth-order valence-electron chi connectivity index (χ4n) is 4.53. The van der Waals surface area contributed by atoms with Crippen molar-refractivity contribution in [3.8, 4) is 0 Å². The molecular weight excluding hydrogens is 352 g/mol. The molecule has 1 N–H and O–H groups in total. The fourth-order valence-corrected chi connectivity index (χ4v) is 9.31. The lowest BCUT2D eigenvalue weighted by Crippen LogP contribution is -2.68. The smallest absolute Gasteiger partial charge is 0.303 e. The zero-order chi connectivity index (χ0) is 19.5. The molecule has 1 aliphatic carbocycles. The Labute approximate surface area is 163 Å². The standard InChI is InChI=1S/C23H30O3Si/c1-23(2,3)27(19-12-6-4-7-13-19,20-14-8-5-9-15-20)26-21-16-10-11-18(21)17-22(24)25/h4-9,12-15,18,21H,10-11,16-17H2,1-3H3,(H,24,25). The summed E-state index contributed by atoms with van der Waals surface area (Å²) in [6.45, 7) is 6.79. The lowest BCUT2D eigenvalue weighted by atomic mass is 10.0. The third-order valence-corrected chi connectivity index (χ3v) is 10.8. The molecule has 1 fully saturated rings. The Kier molecular flexibility index (Phi) is 5.87. The highest BCUT2D eigenvalue weighted by Crippen LogP contribution is 2.41. The van der Waals surface area contributed by atoms with E-state index in [-0.39, 0.29) is 23.5 Å². The first-order valence-corrected chi connectivity index (χ1v) is 11.8. The van der Waals surface area contributed by atoms with E-state index in [9.17, 15) is 9.90 Å². The molecule has 2 unspecified atom stereocenters. The molecule has 3 rings (SSSR count). The third-order valence-electron chi connectivity index (χ3n) is 5.77. The molecule has 0 bridgehead atoms. The van der Waals surface area contributed by atoms with Crippen molar-refractivity contribution in [3.05, 3.63) is 60.7 Å². The average molecular weight is 383 g/mol. The Morgan fingerprint density at radius 2 is 1.52 bits per heavy atom. The van der Waals surface area contributed by atoms with Gasteiger partial charge >= 0.3 is 5.97 Å². The van der Waals surface area contributed by atoms with Crippen molar-refractivity contribution >= 4 is 24.7 Å². The van der Waals surface area contributed by atoms with Crippen LogP contribution in [0.4, 0.5) is 0 Å². The van der Waals surface area contributed by atoms with Crippen molar-refractivity contribution in [1.82, 2.24) is 0 Å². The molecule has 144 valence electrons. The van der Waals surface area contributed by atoms with Gasteiger partial charge in [-0.15, -0.1) is 0 Å². The van der Waals surface area contributed by atoms with Crippen LogP contribution in [0.1, 0.15) is 46.5 Å². The third kappa shape index (κ3) is 4.02. The van der Waals surface area contributed by atoms with Crippen molar-refractivity contribution in [3.63, 3.8) is 0 Å². The Hall–Kier alpha value is -1.91. The second-order valence-corrected chi connectivity index (χ2v) is 12.9. The van der Waals surface area contributed by atoms with Gasteiger partial charge < -0.3 is 9.53 Å². The van der Waals surface area contributed by atoms with E-state index in [2.05, 4.69) is 69.3 Å². The van der Waals surface area contributed by atoms with Crippen LogP contribution < -0.4 is 10.4 Å². The number of carboxylic acid groups (broad SMARTS) is 1.